The van der Waals surface area contributed by atoms with Crippen LogP contribution < -0.4 is 5.73 Å². The van der Waals surface area contributed by atoms with Gasteiger partial charge in [0.1, 0.15) is 0 Å². The number of nitrogens with two attached hydrogens (primary N) is 1. The number of nitrogens with zero attached hydrogens (tertiary/aromatic N) is 1. The molecular weight excluding hydrogens is 276 g/mol. The van der Waals surface area contributed by atoms with Gasteiger partial charge in [-0.05, 0) is 31.6 Å². The smallest absolute Gasteiger partial charge is 0.224 e. The number of amides is 1. The summed E-state index contributed by atoms with van der Waals surface area (Å²) in [4.78, 5) is 14.4. The number of carbonyl (C=O) groups is 1. The maximum atomic E-state index is 12.5. The molecule has 1 amide bonds. The van der Waals surface area contributed by atoms with Crippen molar-refractivity contribution in [3.63, 3.8) is 0 Å². The summed E-state index contributed by atoms with van der Waals surface area (Å²) in [6.45, 7) is 5.05. The van der Waals surface area contributed by atoms with Crippen LogP contribution in [-0.2, 0) is 14.6 Å². The first-order valence-corrected chi connectivity index (χ1v) is 9.32. The second-order valence-corrected chi connectivity index (χ2v) is 9.07. The minimum atomic E-state index is -3.05. The van der Waals surface area contributed by atoms with Gasteiger partial charge < -0.3 is 10.6 Å². The van der Waals surface area contributed by atoms with E-state index < -0.39 is 15.4 Å². The molecule has 1 atom stereocenters. The molecule has 1 unspecified atom stereocenters. The SMILES string of the molecule is CC(C)CCN(C(=O)CC1(N)CCS(=O)(=O)C1)C1CC1. The molecule has 1 saturated carbocycles. The molecule has 2 aliphatic rings. The Hall–Kier alpha value is -0.620. The van der Waals surface area contributed by atoms with Gasteiger partial charge >= 0.3 is 0 Å². The zero-order valence-electron chi connectivity index (χ0n) is 12.5. The maximum Gasteiger partial charge on any atom is 0.224 e. The van der Waals surface area contributed by atoms with Crippen LogP contribution in [0, 0.1) is 5.92 Å². The lowest BCUT2D eigenvalue weighted by molar-refractivity contribution is -0.133. The lowest BCUT2D eigenvalue weighted by Crippen LogP contribution is -2.47. The van der Waals surface area contributed by atoms with E-state index in [2.05, 4.69) is 13.8 Å². The third-order valence-electron chi connectivity index (χ3n) is 4.18. The molecule has 0 spiro atoms. The fourth-order valence-electron chi connectivity index (χ4n) is 2.78. The largest absolute Gasteiger partial charge is 0.340 e. The van der Waals surface area contributed by atoms with Gasteiger partial charge in [-0.25, -0.2) is 8.42 Å². The molecule has 0 aromatic carbocycles. The molecule has 20 heavy (non-hydrogen) atoms. The van der Waals surface area contributed by atoms with Crippen molar-refractivity contribution in [1.29, 1.82) is 0 Å². The van der Waals surface area contributed by atoms with Crippen molar-refractivity contribution < 1.29 is 13.2 Å². The summed E-state index contributed by atoms with van der Waals surface area (Å²) in [7, 11) is -3.05. The Kier molecular flexibility index (Phi) is 4.44. The van der Waals surface area contributed by atoms with Crippen molar-refractivity contribution in [2.24, 2.45) is 11.7 Å². The van der Waals surface area contributed by atoms with Gasteiger partial charge in [-0.2, -0.15) is 0 Å². The van der Waals surface area contributed by atoms with E-state index in [9.17, 15) is 13.2 Å². The van der Waals surface area contributed by atoms with Crippen LogP contribution in [0.3, 0.4) is 0 Å². The summed E-state index contributed by atoms with van der Waals surface area (Å²) in [6.07, 6.45) is 3.70. The van der Waals surface area contributed by atoms with Gasteiger partial charge in [0.05, 0.1) is 11.5 Å². The zero-order chi connectivity index (χ0) is 15.0. The highest BCUT2D eigenvalue weighted by Gasteiger charge is 2.43. The highest BCUT2D eigenvalue weighted by molar-refractivity contribution is 7.91. The van der Waals surface area contributed by atoms with Crippen molar-refractivity contribution in [3.8, 4) is 0 Å². The summed E-state index contributed by atoms with van der Waals surface area (Å²) in [5.41, 5.74) is 5.28. The van der Waals surface area contributed by atoms with Crippen molar-refractivity contribution in [2.75, 3.05) is 18.1 Å². The number of hydrogen-bond acceptors (Lipinski definition) is 4. The van der Waals surface area contributed by atoms with Crippen molar-refractivity contribution in [1.82, 2.24) is 4.90 Å². The van der Waals surface area contributed by atoms with E-state index >= 15 is 0 Å². The molecule has 5 nitrogen and oxygen atoms in total. The highest BCUT2D eigenvalue weighted by atomic mass is 32.2. The van der Waals surface area contributed by atoms with Gasteiger partial charge in [-0.1, -0.05) is 13.8 Å². The Morgan fingerprint density at radius 3 is 2.50 bits per heavy atom. The Morgan fingerprint density at radius 2 is 2.05 bits per heavy atom. The molecule has 2 rings (SSSR count). The van der Waals surface area contributed by atoms with E-state index in [0.29, 0.717) is 18.4 Å². The van der Waals surface area contributed by atoms with Crippen LogP contribution in [0.25, 0.3) is 0 Å². The molecule has 0 radical (unpaired) electrons. The number of carbonyl (C=O) groups excluding carboxylic acids is 1. The standard InChI is InChI=1S/C14H26N2O3S/c1-11(2)5-7-16(12-3-4-12)13(17)9-14(15)6-8-20(18,19)10-14/h11-12H,3-10,15H2,1-2H3. The molecule has 2 N–H and O–H groups in total. The van der Waals surface area contributed by atoms with Gasteiger partial charge in [-0.3, -0.25) is 4.79 Å². The fraction of sp³-hybridized carbons (Fsp3) is 0.929. The Bertz CT molecular complexity index is 471. The first-order chi connectivity index (χ1) is 9.21. The van der Waals surface area contributed by atoms with E-state index in [1.165, 1.54) is 0 Å². The van der Waals surface area contributed by atoms with Crippen LogP contribution in [0.5, 0.6) is 0 Å². The third-order valence-corrected chi connectivity index (χ3v) is 6.02. The molecule has 0 aromatic rings. The monoisotopic (exact) mass is 302 g/mol. The summed E-state index contributed by atoms with van der Waals surface area (Å²) >= 11 is 0. The van der Waals surface area contributed by atoms with Gasteiger partial charge in [0.25, 0.3) is 0 Å². The zero-order valence-corrected chi connectivity index (χ0v) is 13.3. The predicted molar refractivity (Wildman–Crippen MR) is 79.0 cm³/mol. The molecule has 1 aliphatic heterocycles. The van der Waals surface area contributed by atoms with Gasteiger partial charge in [0.15, 0.2) is 9.84 Å². The van der Waals surface area contributed by atoms with Crippen LogP contribution in [0.15, 0.2) is 0 Å². The Labute approximate surface area is 121 Å². The lowest BCUT2D eigenvalue weighted by Gasteiger charge is -2.28. The number of rotatable bonds is 6. The third kappa shape index (κ3) is 4.19. The summed E-state index contributed by atoms with van der Waals surface area (Å²) in [5, 5.41) is 0. The second kappa shape index (κ2) is 5.64. The van der Waals surface area contributed by atoms with Gasteiger partial charge in [0, 0.05) is 24.5 Å². The summed E-state index contributed by atoms with van der Waals surface area (Å²) in [5.74, 6) is 0.663. The van der Waals surface area contributed by atoms with E-state index in [1.54, 1.807) is 0 Å². The average molecular weight is 302 g/mol. The fourth-order valence-corrected chi connectivity index (χ4v) is 4.76. The average Bonchev–Trinajstić information content (AvgIpc) is 3.06. The molecule has 1 aliphatic carbocycles. The number of sulfone groups is 1. The molecule has 1 heterocycles. The highest BCUT2D eigenvalue weighted by Crippen LogP contribution is 2.31. The Morgan fingerprint density at radius 1 is 1.40 bits per heavy atom. The van der Waals surface area contributed by atoms with Crippen LogP contribution >= 0.6 is 0 Å². The van der Waals surface area contributed by atoms with E-state index in [0.717, 1.165) is 25.8 Å². The van der Waals surface area contributed by atoms with Crippen LogP contribution in [0.2, 0.25) is 0 Å². The van der Waals surface area contributed by atoms with Crippen molar-refractivity contribution >= 4 is 15.7 Å². The van der Waals surface area contributed by atoms with Gasteiger partial charge in [0.2, 0.25) is 5.91 Å². The number of hydrogen-bond donors (Lipinski definition) is 1. The molecule has 116 valence electrons. The van der Waals surface area contributed by atoms with Crippen molar-refractivity contribution in [3.05, 3.63) is 0 Å². The molecule has 6 heteroatoms. The van der Waals surface area contributed by atoms with Gasteiger partial charge in [-0.15, -0.1) is 0 Å². The normalized spacial score (nSPS) is 28.8. The van der Waals surface area contributed by atoms with Crippen LogP contribution in [0.4, 0.5) is 0 Å². The van der Waals surface area contributed by atoms with Crippen LogP contribution in [0.1, 0.15) is 46.0 Å². The van der Waals surface area contributed by atoms with Crippen molar-refractivity contribution in [2.45, 2.75) is 57.5 Å². The van der Waals surface area contributed by atoms with E-state index in [-0.39, 0.29) is 23.8 Å². The molecular formula is C14H26N2O3S. The molecule has 2 fully saturated rings. The first-order valence-electron chi connectivity index (χ1n) is 7.50. The molecule has 1 saturated heterocycles. The van der Waals surface area contributed by atoms with E-state index in [4.69, 9.17) is 5.73 Å². The summed E-state index contributed by atoms with van der Waals surface area (Å²) < 4.78 is 23.1. The minimum Gasteiger partial charge on any atom is -0.340 e. The van der Waals surface area contributed by atoms with E-state index in [1.807, 2.05) is 4.90 Å². The first kappa shape index (κ1) is 15.8. The second-order valence-electron chi connectivity index (χ2n) is 6.88. The van der Waals surface area contributed by atoms with Crippen LogP contribution in [-0.4, -0.2) is 48.9 Å². The quantitative estimate of drug-likeness (QED) is 0.791. The Balaban J connectivity index is 1.95. The molecule has 0 aromatic heterocycles. The summed E-state index contributed by atoms with van der Waals surface area (Å²) in [6, 6.07) is 0.364. The molecule has 0 bridgehead atoms. The maximum absolute atomic E-state index is 12.5. The lowest BCUT2D eigenvalue weighted by atomic mass is 9.95. The topological polar surface area (TPSA) is 80.5 Å². The predicted octanol–water partition coefficient (Wildman–Crippen LogP) is 0.930. The minimum absolute atomic E-state index is 0.0350.